The quantitative estimate of drug-likeness (QED) is 0.708. The van der Waals surface area contributed by atoms with E-state index in [2.05, 4.69) is 38.2 Å². The third-order valence-electron chi connectivity index (χ3n) is 2.43. The summed E-state index contributed by atoms with van der Waals surface area (Å²) in [6, 6.07) is 4.59. The Morgan fingerprint density at radius 2 is 2.07 bits per heavy atom. The van der Waals surface area contributed by atoms with Crippen molar-refractivity contribution >= 4 is 17.2 Å². The van der Waals surface area contributed by atoms with Crippen LogP contribution in [0, 0.1) is 0 Å². The van der Waals surface area contributed by atoms with Crippen molar-refractivity contribution in [2.24, 2.45) is 0 Å². The van der Waals surface area contributed by atoms with Crippen LogP contribution in [0.2, 0.25) is 0 Å². The third kappa shape index (κ3) is 1.69. The minimum atomic E-state index is 0.167. The molecule has 1 unspecified atom stereocenters. The molecule has 1 amide bonds. The Kier molecular flexibility index (Phi) is 2.14. The van der Waals surface area contributed by atoms with Crippen molar-refractivity contribution < 1.29 is 4.79 Å². The van der Waals surface area contributed by atoms with Gasteiger partial charge in [-0.1, -0.05) is 20.8 Å². The molecule has 2 rings (SSSR count). The van der Waals surface area contributed by atoms with Gasteiger partial charge in [-0.2, -0.15) is 0 Å². The number of β-lactam (4-membered cyclic amide) rings is 1. The van der Waals surface area contributed by atoms with Crippen molar-refractivity contribution in [2.75, 3.05) is 0 Å². The predicted octanol–water partition coefficient (Wildman–Crippen LogP) is 2.61. The van der Waals surface area contributed by atoms with E-state index in [0.717, 1.165) is 0 Å². The van der Waals surface area contributed by atoms with Gasteiger partial charge in [0.1, 0.15) is 0 Å². The van der Waals surface area contributed by atoms with E-state index in [4.69, 9.17) is 0 Å². The van der Waals surface area contributed by atoms with E-state index in [1.54, 1.807) is 0 Å². The molecule has 1 saturated heterocycles. The molecule has 1 aromatic heterocycles. The van der Waals surface area contributed by atoms with E-state index in [0.29, 0.717) is 6.42 Å². The highest BCUT2D eigenvalue weighted by Crippen LogP contribution is 2.35. The van der Waals surface area contributed by atoms with Crippen molar-refractivity contribution in [3.63, 3.8) is 0 Å². The lowest BCUT2D eigenvalue weighted by molar-refractivity contribution is -0.128. The number of carbonyl (C=O) groups excluding carboxylic acids is 1. The summed E-state index contributed by atoms with van der Waals surface area (Å²) in [7, 11) is 0. The van der Waals surface area contributed by atoms with Crippen LogP contribution in [-0.2, 0) is 10.2 Å². The van der Waals surface area contributed by atoms with Crippen LogP contribution in [0.25, 0.3) is 0 Å². The monoisotopic (exact) mass is 209 g/mol. The number of amides is 1. The first kappa shape index (κ1) is 9.71. The molecule has 3 heteroatoms. The zero-order chi connectivity index (χ0) is 10.3. The molecule has 1 atom stereocenters. The van der Waals surface area contributed by atoms with E-state index in [9.17, 15) is 4.79 Å². The zero-order valence-electron chi connectivity index (χ0n) is 8.76. The Hall–Kier alpha value is -0.830. The first-order valence-electron chi connectivity index (χ1n) is 4.86. The molecular formula is C11H15NOS. The highest BCUT2D eigenvalue weighted by molar-refractivity contribution is 7.12. The Balaban J connectivity index is 2.14. The molecule has 1 fully saturated rings. The van der Waals surface area contributed by atoms with E-state index in [-0.39, 0.29) is 17.4 Å². The number of rotatable bonds is 1. The standard InChI is InChI=1S/C11H15NOS/c1-11(2,3)9-5-4-8(14-9)7-6-10(13)12-7/h4-5,7H,6H2,1-3H3,(H,12,13). The van der Waals surface area contributed by atoms with Crippen molar-refractivity contribution in [1.82, 2.24) is 5.32 Å². The summed E-state index contributed by atoms with van der Waals surface area (Å²) < 4.78 is 0. The maximum absolute atomic E-state index is 10.8. The van der Waals surface area contributed by atoms with Gasteiger partial charge in [-0.15, -0.1) is 11.3 Å². The van der Waals surface area contributed by atoms with E-state index >= 15 is 0 Å². The summed E-state index contributed by atoms with van der Waals surface area (Å²) in [4.78, 5) is 13.4. The van der Waals surface area contributed by atoms with Gasteiger partial charge >= 0.3 is 0 Å². The minimum Gasteiger partial charge on any atom is -0.348 e. The fraction of sp³-hybridized carbons (Fsp3) is 0.545. The molecule has 0 aromatic carbocycles. The molecule has 2 heterocycles. The molecule has 0 aliphatic carbocycles. The highest BCUT2D eigenvalue weighted by Gasteiger charge is 2.29. The van der Waals surface area contributed by atoms with Crippen LogP contribution in [0.15, 0.2) is 12.1 Å². The average Bonchev–Trinajstić information content (AvgIpc) is 2.45. The van der Waals surface area contributed by atoms with Gasteiger partial charge in [0.2, 0.25) is 5.91 Å². The molecule has 2 nitrogen and oxygen atoms in total. The fourth-order valence-electron chi connectivity index (χ4n) is 1.47. The van der Waals surface area contributed by atoms with Crippen LogP contribution in [0.1, 0.15) is 43.0 Å². The molecular weight excluding hydrogens is 194 g/mol. The van der Waals surface area contributed by atoms with Gasteiger partial charge in [-0.3, -0.25) is 4.79 Å². The number of hydrogen-bond acceptors (Lipinski definition) is 2. The summed E-state index contributed by atoms with van der Waals surface area (Å²) in [5, 5.41) is 2.90. The first-order valence-corrected chi connectivity index (χ1v) is 5.68. The third-order valence-corrected chi connectivity index (χ3v) is 4.06. The number of hydrogen-bond donors (Lipinski definition) is 1. The Morgan fingerprint density at radius 1 is 1.43 bits per heavy atom. The zero-order valence-corrected chi connectivity index (χ0v) is 9.57. The molecule has 76 valence electrons. The van der Waals surface area contributed by atoms with Gasteiger partial charge in [-0.05, 0) is 17.5 Å². The summed E-state index contributed by atoms with van der Waals surface area (Å²) in [5.74, 6) is 0.167. The smallest absolute Gasteiger partial charge is 0.222 e. The molecule has 1 aliphatic heterocycles. The van der Waals surface area contributed by atoms with Crippen LogP contribution in [-0.4, -0.2) is 5.91 Å². The van der Waals surface area contributed by atoms with E-state index in [1.165, 1.54) is 9.75 Å². The maximum Gasteiger partial charge on any atom is 0.222 e. The summed E-state index contributed by atoms with van der Waals surface area (Å²) in [5.41, 5.74) is 0.219. The summed E-state index contributed by atoms with van der Waals surface area (Å²) >= 11 is 1.81. The van der Waals surface area contributed by atoms with Crippen LogP contribution >= 0.6 is 11.3 Å². The van der Waals surface area contributed by atoms with Crippen LogP contribution < -0.4 is 5.32 Å². The molecule has 0 bridgehead atoms. The highest BCUT2D eigenvalue weighted by atomic mass is 32.1. The normalized spacial score (nSPS) is 21.6. The number of thiophene rings is 1. The van der Waals surface area contributed by atoms with Gasteiger partial charge in [-0.25, -0.2) is 0 Å². The predicted molar refractivity (Wildman–Crippen MR) is 58.5 cm³/mol. The molecule has 1 N–H and O–H groups in total. The SMILES string of the molecule is CC(C)(C)c1ccc(C2CC(=O)N2)s1. The summed E-state index contributed by atoms with van der Waals surface area (Å²) in [6.45, 7) is 6.63. The van der Waals surface area contributed by atoms with E-state index in [1.807, 2.05) is 11.3 Å². The lowest BCUT2D eigenvalue weighted by Gasteiger charge is -2.25. The second-order valence-electron chi connectivity index (χ2n) is 4.78. The Morgan fingerprint density at radius 3 is 2.50 bits per heavy atom. The lowest BCUT2D eigenvalue weighted by Crippen LogP contribution is -2.40. The largest absolute Gasteiger partial charge is 0.348 e. The van der Waals surface area contributed by atoms with Crippen LogP contribution in [0.5, 0.6) is 0 Å². The molecule has 1 aliphatic rings. The van der Waals surface area contributed by atoms with Crippen molar-refractivity contribution in [1.29, 1.82) is 0 Å². The van der Waals surface area contributed by atoms with Crippen LogP contribution in [0.4, 0.5) is 0 Å². The number of nitrogens with one attached hydrogen (secondary N) is 1. The second kappa shape index (κ2) is 3.09. The molecule has 0 spiro atoms. The molecule has 0 radical (unpaired) electrons. The minimum absolute atomic E-state index is 0.167. The van der Waals surface area contributed by atoms with Crippen molar-refractivity contribution in [3.05, 3.63) is 21.9 Å². The second-order valence-corrected chi connectivity index (χ2v) is 5.89. The van der Waals surface area contributed by atoms with Gasteiger partial charge in [0, 0.05) is 9.75 Å². The van der Waals surface area contributed by atoms with Gasteiger partial charge < -0.3 is 5.32 Å². The average molecular weight is 209 g/mol. The molecule has 1 aromatic rings. The maximum atomic E-state index is 10.8. The number of carbonyl (C=O) groups is 1. The molecule has 0 saturated carbocycles. The van der Waals surface area contributed by atoms with Gasteiger partial charge in [0.15, 0.2) is 0 Å². The fourth-order valence-corrected chi connectivity index (χ4v) is 2.59. The van der Waals surface area contributed by atoms with Crippen molar-refractivity contribution in [2.45, 2.75) is 38.6 Å². The van der Waals surface area contributed by atoms with Gasteiger partial charge in [0.05, 0.1) is 12.5 Å². The lowest BCUT2D eigenvalue weighted by atomic mass is 9.95. The first-order chi connectivity index (χ1) is 6.47. The Labute approximate surface area is 88.3 Å². The van der Waals surface area contributed by atoms with Crippen molar-refractivity contribution in [3.8, 4) is 0 Å². The summed E-state index contributed by atoms with van der Waals surface area (Å²) in [6.07, 6.45) is 0.657. The molecule has 14 heavy (non-hydrogen) atoms. The van der Waals surface area contributed by atoms with E-state index < -0.39 is 0 Å². The van der Waals surface area contributed by atoms with Crippen LogP contribution in [0.3, 0.4) is 0 Å². The Bertz CT molecular complexity index is 354. The topological polar surface area (TPSA) is 29.1 Å². The van der Waals surface area contributed by atoms with Gasteiger partial charge in [0.25, 0.3) is 0 Å².